The maximum Gasteiger partial charge on any atom is 0.367 e. The van der Waals surface area contributed by atoms with Crippen LogP contribution < -0.4 is 5.32 Å². The summed E-state index contributed by atoms with van der Waals surface area (Å²) in [4.78, 5) is 27.4. The molecule has 0 aliphatic carbocycles. The minimum atomic E-state index is -0.556. The molecule has 0 aliphatic heterocycles. The minimum absolute atomic E-state index is 0.117. The molecule has 0 aliphatic rings. The molecule has 2 aromatic rings. The first-order valence-electron chi connectivity index (χ1n) is 6.21. The molecule has 0 spiro atoms. The molecule has 0 unspecified atom stereocenters. The molecule has 0 saturated carbocycles. The Bertz CT molecular complexity index is 685. The van der Waals surface area contributed by atoms with E-state index in [0.717, 1.165) is 11.3 Å². The standard InChI is InChI=1S/C14H13FN2O3S/c1-3-20-14(19)13-17-11(7-21-13)12(18)16-10-5-4-9(15)6-8(10)2/h4-7H,3H2,1-2H3,(H,16,18). The number of halogens is 1. The highest BCUT2D eigenvalue weighted by molar-refractivity contribution is 7.11. The number of ether oxygens (including phenoxy) is 1. The number of hydrogen-bond donors (Lipinski definition) is 1. The largest absolute Gasteiger partial charge is 0.461 e. The van der Waals surface area contributed by atoms with E-state index in [9.17, 15) is 14.0 Å². The summed E-state index contributed by atoms with van der Waals surface area (Å²) in [7, 11) is 0. The second kappa shape index (κ2) is 6.45. The van der Waals surface area contributed by atoms with Gasteiger partial charge in [-0.1, -0.05) is 0 Å². The maximum absolute atomic E-state index is 13.0. The second-order valence-corrected chi connectivity index (χ2v) is 5.03. The van der Waals surface area contributed by atoms with Crippen LogP contribution in [0.5, 0.6) is 0 Å². The van der Waals surface area contributed by atoms with Crippen molar-refractivity contribution in [3.63, 3.8) is 0 Å². The highest BCUT2D eigenvalue weighted by Gasteiger charge is 2.16. The zero-order valence-electron chi connectivity index (χ0n) is 11.5. The van der Waals surface area contributed by atoms with E-state index in [1.807, 2.05) is 0 Å². The fourth-order valence-corrected chi connectivity index (χ4v) is 2.31. The lowest BCUT2D eigenvalue weighted by atomic mass is 10.2. The van der Waals surface area contributed by atoms with Crippen LogP contribution in [0.4, 0.5) is 10.1 Å². The third kappa shape index (κ3) is 3.63. The van der Waals surface area contributed by atoms with Gasteiger partial charge in [0.25, 0.3) is 5.91 Å². The summed E-state index contributed by atoms with van der Waals surface area (Å²) in [6, 6.07) is 4.05. The lowest BCUT2D eigenvalue weighted by Gasteiger charge is -2.06. The highest BCUT2D eigenvalue weighted by Crippen LogP contribution is 2.18. The first-order chi connectivity index (χ1) is 10.0. The lowest BCUT2D eigenvalue weighted by Crippen LogP contribution is -2.14. The Balaban J connectivity index is 2.12. The molecule has 0 radical (unpaired) electrons. The normalized spacial score (nSPS) is 10.2. The Morgan fingerprint density at radius 3 is 2.86 bits per heavy atom. The van der Waals surface area contributed by atoms with Gasteiger partial charge in [0.15, 0.2) is 0 Å². The van der Waals surface area contributed by atoms with Crippen molar-refractivity contribution < 1.29 is 18.7 Å². The number of anilines is 1. The number of aromatic nitrogens is 1. The minimum Gasteiger partial charge on any atom is -0.461 e. The molecule has 5 nitrogen and oxygen atoms in total. The first-order valence-corrected chi connectivity index (χ1v) is 7.09. The molecule has 1 N–H and O–H groups in total. The smallest absolute Gasteiger partial charge is 0.367 e. The van der Waals surface area contributed by atoms with Gasteiger partial charge in [0.2, 0.25) is 5.01 Å². The molecule has 0 fully saturated rings. The van der Waals surface area contributed by atoms with Gasteiger partial charge in [-0.25, -0.2) is 14.2 Å². The zero-order valence-corrected chi connectivity index (χ0v) is 12.3. The number of nitrogens with zero attached hydrogens (tertiary/aromatic N) is 1. The van der Waals surface area contributed by atoms with E-state index < -0.39 is 11.9 Å². The van der Waals surface area contributed by atoms with Crippen LogP contribution >= 0.6 is 11.3 Å². The molecule has 21 heavy (non-hydrogen) atoms. The summed E-state index contributed by atoms with van der Waals surface area (Å²) >= 11 is 1.04. The Morgan fingerprint density at radius 1 is 1.43 bits per heavy atom. The zero-order chi connectivity index (χ0) is 15.4. The third-order valence-corrected chi connectivity index (χ3v) is 3.45. The summed E-state index contributed by atoms with van der Waals surface area (Å²) < 4.78 is 17.8. The van der Waals surface area contributed by atoms with Crippen LogP contribution in [0.1, 0.15) is 32.8 Å². The number of aryl methyl sites for hydroxylation is 1. The topological polar surface area (TPSA) is 68.3 Å². The van der Waals surface area contributed by atoms with E-state index >= 15 is 0 Å². The van der Waals surface area contributed by atoms with Crippen molar-refractivity contribution >= 4 is 28.9 Å². The molecule has 2 rings (SSSR count). The average Bonchev–Trinajstić information content (AvgIpc) is 2.92. The van der Waals surface area contributed by atoms with Gasteiger partial charge < -0.3 is 10.1 Å². The SMILES string of the molecule is CCOC(=O)c1nc(C(=O)Nc2ccc(F)cc2C)cs1. The van der Waals surface area contributed by atoms with Crippen molar-refractivity contribution in [1.82, 2.24) is 4.98 Å². The average molecular weight is 308 g/mol. The Kier molecular flexibility index (Phi) is 4.64. The molecule has 1 aromatic heterocycles. The fourth-order valence-electron chi connectivity index (χ4n) is 1.62. The summed E-state index contributed by atoms with van der Waals surface area (Å²) in [6.07, 6.45) is 0. The monoisotopic (exact) mass is 308 g/mol. The predicted molar refractivity (Wildman–Crippen MR) is 77.2 cm³/mol. The van der Waals surface area contributed by atoms with Crippen LogP contribution in [0.3, 0.4) is 0 Å². The molecule has 110 valence electrons. The number of rotatable bonds is 4. The third-order valence-electron chi connectivity index (χ3n) is 2.62. The molecular formula is C14H13FN2O3S. The molecule has 1 heterocycles. The van der Waals surface area contributed by atoms with Gasteiger partial charge in [-0.05, 0) is 37.6 Å². The summed E-state index contributed by atoms with van der Waals surface area (Å²) in [6.45, 7) is 3.62. The number of amides is 1. The van der Waals surface area contributed by atoms with Gasteiger partial charge in [-0.15, -0.1) is 11.3 Å². The Hall–Kier alpha value is -2.28. The van der Waals surface area contributed by atoms with Gasteiger partial charge in [0.05, 0.1) is 6.61 Å². The predicted octanol–water partition coefficient (Wildman–Crippen LogP) is 3.02. The van der Waals surface area contributed by atoms with Crippen LogP contribution in [0, 0.1) is 12.7 Å². The highest BCUT2D eigenvalue weighted by atomic mass is 32.1. The molecule has 7 heteroatoms. The van der Waals surface area contributed by atoms with E-state index in [1.54, 1.807) is 13.8 Å². The van der Waals surface area contributed by atoms with Gasteiger partial charge in [0, 0.05) is 11.1 Å². The van der Waals surface area contributed by atoms with Gasteiger partial charge in [0.1, 0.15) is 11.5 Å². The molecule has 1 amide bonds. The van der Waals surface area contributed by atoms with Gasteiger partial charge in [-0.3, -0.25) is 4.79 Å². The summed E-state index contributed by atoms with van der Waals surface area (Å²) in [5.74, 6) is -1.39. The quantitative estimate of drug-likeness (QED) is 0.882. The molecule has 0 atom stereocenters. The lowest BCUT2D eigenvalue weighted by molar-refractivity contribution is 0.0526. The van der Waals surface area contributed by atoms with Crippen molar-refractivity contribution in [2.75, 3.05) is 11.9 Å². The number of thiazole rings is 1. The molecule has 0 bridgehead atoms. The van der Waals surface area contributed by atoms with Crippen LogP contribution in [0.25, 0.3) is 0 Å². The van der Waals surface area contributed by atoms with E-state index in [0.29, 0.717) is 11.3 Å². The number of benzene rings is 1. The number of nitrogens with one attached hydrogen (secondary N) is 1. The van der Waals surface area contributed by atoms with Crippen molar-refractivity contribution in [3.05, 3.63) is 45.7 Å². The molecular weight excluding hydrogens is 295 g/mol. The Labute approximate surface area is 124 Å². The number of esters is 1. The fraction of sp³-hybridized carbons (Fsp3) is 0.214. The van der Waals surface area contributed by atoms with Crippen molar-refractivity contribution in [1.29, 1.82) is 0 Å². The molecule has 1 aromatic carbocycles. The van der Waals surface area contributed by atoms with E-state index in [2.05, 4.69) is 10.3 Å². The Morgan fingerprint density at radius 2 is 2.19 bits per heavy atom. The maximum atomic E-state index is 13.0. The van der Waals surface area contributed by atoms with Crippen molar-refractivity contribution in [2.24, 2.45) is 0 Å². The van der Waals surface area contributed by atoms with Crippen LogP contribution in [-0.4, -0.2) is 23.5 Å². The van der Waals surface area contributed by atoms with Gasteiger partial charge in [-0.2, -0.15) is 0 Å². The number of carbonyl (C=O) groups excluding carboxylic acids is 2. The van der Waals surface area contributed by atoms with E-state index in [4.69, 9.17) is 4.74 Å². The van der Waals surface area contributed by atoms with Crippen LogP contribution in [-0.2, 0) is 4.74 Å². The summed E-state index contributed by atoms with van der Waals surface area (Å²) in [5.41, 5.74) is 1.21. The van der Waals surface area contributed by atoms with Crippen LogP contribution in [0.2, 0.25) is 0 Å². The number of carbonyl (C=O) groups is 2. The van der Waals surface area contributed by atoms with Crippen molar-refractivity contribution in [2.45, 2.75) is 13.8 Å². The first kappa shape index (κ1) is 15.1. The summed E-state index contributed by atoms with van der Waals surface area (Å²) in [5, 5.41) is 4.22. The van der Waals surface area contributed by atoms with Gasteiger partial charge >= 0.3 is 5.97 Å². The second-order valence-electron chi connectivity index (χ2n) is 4.17. The van der Waals surface area contributed by atoms with Crippen molar-refractivity contribution in [3.8, 4) is 0 Å². The van der Waals surface area contributed by atoms with E-state index in [1.165, 1.54) is 23.6 Å². The van der Waals surface area contributed by atoms with Crippen LogP contribution in [0.15, 0.2) is 23.6 Å². The molecule has 0 saturated heterocycles. The van der Waals surface area contributed by atoms with E-state index in [-0.39, 0.29) is 23.1 Å². The number of hydrogen-bond acceptors (Lipinski definition) is 5.